The summed E-state index contributed by atoms with van der Waals surface area (Å²) in [4.78, 5) is 22.9. The molecule has 6 heteroatoms. The molecule has 80 valence electrons. The van der Waals surface area contributed by atoms with E-state index in [9.17, 15) is 9.59 Å². The van der Waals surface area contributed by atoms with Gasteiger partial charge in [-0.15, -0.1) is 0 Å². The molecule has 1 atom stereocenters. The van der Waals surface area contributed by atoms with Crippen LogP contribution in [0.5, 0.6) is 0 Å². The molecule has 0 aromatic rings. The van der Waals surface area contributed by atoms with Crippen LogP contribution in [0.2, 0.25) is 0 Å². The highest BCUT2D eigenvalue weighted by Gasteiger charge is 2.23. The van der Waals surface area contributed by atoms with E-state index in [1.807, 2.05) is 0 Å². The zero-order valence-corrected chi connectivity index (χ0v) is 7.77. The van der Waals surface area contributed by atoms with E-state index < -0.39 is 12.1 Å². The Labute approximate surface area is 81.5 Å². The van der Waals surface area contributed by atoms with E-state index in [-0.39, 0.29) is 19.0 Å². The standard InChI is InChI=1S/C8H14N2O4/c11-6-2-4-10(5-6)8(14)9-3-1-7(12)13/h6,11H,1-5H2,(H,9,14)(H,12,13). The van der Waals surface area contributed by atoms with Gasteiger partial charge in [0.25, 0.3) is 0 Å². The van der Waals surface area contributed by atoms with Crippen LogP contribution in [0.25, 0.3) is 0 Å². The molecule has 1 heterocycles. The molecule has 3 N–H and O–H groups in total. The molecule has 1 unspecified atom stereocenters. The Bertz CT molecular complexity index is 231. The van der Waals surface area contributed by atoms with Crippen molar-refractivity contribution in [3.63, 3.8) is 0 Å². The molecule has 6 nitrogen and oxygen atoms in total. The molecule has 1 fully saturated rings. The van der Waals surface area contributed by atoms with Crippen LogP contribution in [0.1, 0.15) is 12.8 Å². The van der Waals surface area contributed by atoms with Crippen LogP contribution in [-0.4, -0.2) is 52.9 Å². The van der Waals surface area contributed by atoms with E-state index >= 15 is 0 Å². The van der Waals surface area contributed by atoms with Crippen molar-refractivity contribution in [3.05, 3.63) is 0 Å². The largest absolute Gasteiger partial charge is 0.481 e. The van der Waals surface area contributed by atoms with E-state index in [4.69, 9.17) is 10.2 Å². The summed E-state index contributed by atoms with van der Waals surface area (Å²) in [5.74, 6) is -0.938. The zero-order chi connectivity index (χ0) is 10.6. The first-order valence-corrected chi connectivity index (χ1v) is 4.52. The predicted molar refractivity (Wildman–Crippen MR) is 47.8 cm³/mol. The Kier molecular flexibility index (Phi) is 3.70. The van der Waals surface area contributed by atoms with Crippen molar-refractivity contribution in [2.45, 2.75) is 18.9 Å². The number of hydrogen-bond donors (Lipinski definition) is 3. The highest BCUT2D eigenvalue weighted by atomic mass is 16.4. The maximum atomic E-state index is 11.3. The number of urea groups is 1. The third-order valence-electron chi connectivity index (χ3n) is 2.07. The summed E-state index contributed by atoms with van der Waals surface area (Å²) in [6, 6.07) is -0.303. The zero-order valence-electron chi connectivity index (χ0n) is 7.77. The summed E-state index contributed by atoms with van der Waals surface area (Å²) in [5.41, 5.74) is 0. The van der Waals surface area contributed by atoms with Gasteiger partial charge in [0, 0.05) is 19.6 Å². The Balaban J connectivity index is 2.18. The van der Waals surface area contributed by atoms with E-state index in [2.05, 4.69) is 5.32 Å². The Hall–Kier alpha value is -1.30. The number of nitrogens with one attached hydrogen (secondary N) is 1. The average molecular weight is 202 g/mol. The molecule has 0 aliphatic carbocycles. The third-order valence-corrected chi connectivity index (χ3v) is 2.07. The van der Waals surface area contributed by atoms with Gasteiger partial charge in [-0.05, 0) is 6.42 Å². The van der Waals surface area contributed by atoms with Gasteiger partial charge >= 0.3 is 12.0 Å². The lowest BCUT2D eigenvalue weighted by molar-refractivity contribution is -0.136. The number of nitrogens with zero attached hydrogens (tertiary/aromatic N) is 1. The fourth-order valence-corrected chi connectivity index (χ4v) is 1.31. The van der Waals surface area contributed by atoms with E-state index in [1.54, 1.807) is 0 Å². The molecule has 2 amide bonds. The van der Waals surface area contributed by atoms with Crippen LogP contribution < -0.4 is 5.32 Å². The number of aliphatic carboxylic acids is 1. The number of likely N-dealkylation sites (tertiary alicyclic amines) is 1. The number of β-amino-alcohol motifs (C(OH)–C–C–N with tert-alkyl or cyclic N) is 1. The summed E-state index contributed by atoms with van der Waals surface area (Å²) in [7, 11) is 0. The maximum absolute atomic E-state index is 11.3. The minimum absolute atomic E-state index is 0.0812. The van der Waals surface area contributed by atoms with Crippen LogP contribution in [0.3, 0.4) is 0 Å². The highest BCUT2D eigenvalue weighted by Crippen LogP contribution is 2.07. The minimum Gasteiger partial charge on any atom is -0.481 e. The fourth-order valence-electron chi connectivity index (χ4n) is 1.31. The quantitative estimate of drug-likeness (QED) is 0.561. The second kappa shape index (κ2) is 4.80. The first kappa shape index (κ1) is 10.8. The highest BCUT2D eigenvalue weighted by molar-refractivity contribution is 5.75. The van der Waals surface area contributed by atoms with Gasteiger partial charge < -0.3 is 20.4 Å². The maximum Gasteiger partial charge on any atom is 0.317 e. The molecular formula is C8H14N2O4. The Morgan fingerprint density at radius 1 is 1.50 bits per heavy atom. The van der Waals surface area contributed by atoms with Gasteiger partial charge in [0.15, 0.2) is 0 Å². The normalized spacial score (nSPS) is 20.9. The molecule has 1 aliphatic rings. The molecule has 1 saturated heterocycles. The molecule has 0 aromatic carbocycles. The number of hydrogen-bond acceptors (Lipinski definition) is 3. The summed E-state index contributed by atoms with van der Waals surface area (Å²) < 4.78 is 0. The first-order chi connectivity index (χ1) is 6.59. The molecule has 1 aliphatic heterocycles. The number of carboxylic acid groups (broad SMARTS) is 1. The van der Waals surface area contributed by atoms with Gasteiger partial charge in [-0.2, -0.15) is 0 Å². The lowest BCUT2D eigenvalue weighted by atomic mass is 10.3. The lowest BCUT2D eigenvalue weighted by Crippen LogP contribution is -2.39. The van der Waals surface area contributed by atoms with Crippen molar-refractivity contribution in [2.24, 2.45) is 0 Å². The fraction of sp³-hybridized carbons (Fsp3) is 0.750. The van der Waals surface area contributed by atoms with E-state index in [1.165, 1.54) is 4.90 Å². The summed E-state index contributed by atoms with van der Waals surface area (Å²) >= 11 is 0. The predicted octanol–water partition coefficient (Wildman–Crippen LogP) is -0.763. The van der Waals surface area contributed by atoms with Crippen molar-refractivity contribution in [1.29, 1.82) is 0 Å². The van der Waals surface area contributed by atoms with Crippen LogP contribution in [-0.2, 0) is 4.79 Å². The van der Waals surface area contributed by atoms with Crippen LogP contribution in [0, 0.1) is 0 Å². The third kappa shape index (κ3) is 3.21. The van der Waals surface area contributed by atoms with Crippen molar-refractivity contribution in [1.82, 2.24) is 10.2 Å². The van der Waals surface area contributed by atoms with E-state index in [0.717, 1.165) is 0 Å². The van der Waals surface area contributed by atoms with Crippen molar-refractivity contribution in [3.8, 4) is 0 Å². The number of carbonyl (C=O) groups is 2. The number of carboxylic acids is 1. The number of rotatable bonds is 3. The molecule has 0 aromatic heterocycles. The SMILES string of the molecule is O=C(O)CCNC(=O)N1CCC(O)C1. The summed E-state index contributed by atoms with van der Waals surface area (Å²) in [6.07, 6.45) is 0.0642. The molecule has 1 rings (SSSR count). The van der Waals surface area contributed by atoms with Crippen LogP contribution in [0.15, 0.2) is 0 Å². The van der Waals surface area contributed by atoms with Crippen molar-refractivity contribution >= 4 is 12.0 Å². The number of aliphatic hydroxyl groups is 1. The Morgan fingerprint density at radius 2 is 2.21 bits per heavy atom. The molecule has 0 bridgehead atoms. The number of amides is 2. The lowest BCUT2D eigenvalue weighted by Gasteiger charge is -2.15. The van der Waals surface area contributed by atoms with Crippen molar-refractivity contribution < 1.29 is 19.8 Å². The smallest absolute Gasteiger partial charge is 0.317 e. The van der Waals surface area contributed by atoms with Gasteiger partial charge in [0.2, 0.25) is 0 Å². The van der Waals surface area contributed by atoms with Gasteiger partial charge in [0.05, 0.1) is 12.5 Å². The number of aliphatic hydroxyl groups excluding tert-OH is 1. The summed E-state index contributed by atoms with van der Waals surface area (Å²) in [6.45, 7) is 0.986. The van der Waals surface area contributed by atoms with Gasteiger partial charge in [-0.3, -0.25) is 4.79 Å². The topological polar surface area (TPSA) is 89.9 Å². The van der Waals surface area contributed by atoms with Gasteiger partial charge in [0.1, 0.15) is 0 Å². The average Bonchev–Trinajstić information content (AvgIpc) is 2.51. The molecule has 0 saturated carbocycles. The molecule has 0 radical (unpaired) electrons. The Morgan fingerprint density at radius 3 is 2.71 bits per heavy atom. The molecule has 14 heavy (non-hydrogen) atoms. The van der Waals surface area contributed by atoms with Crippen LogP contribution in [0.4, 0.5) is 4.79 Å². The summed E-state index contributed by atoms with van der Waals surface area (Å²) in [5, 5.41) is 19.9. The van der Waals surface area contributed by atoms with E-state index in [0.29, 0.717) is 19.5 Å². The monoisotopic (exact) mass is 202 g/mol. The molecular weight excluding hydrogens is 188 g/mol. The second-order valence-electron chi connectivity index (χ2n) is 3.26. The van der Waals surface area contributed by atoms with Crippen LogP contribution >= 0.6 is 0 Å². The second-order valence-corrected chi connectivity index (χ2v) is 3.26. The first-order valence-electron chi connectivity index (χ1n) is 4.52. The van der Waals surface area contributed by atoms with Gasteiger partial charge in [-0.1, -0.05) is 0 Å². The number of carbonyl (C=O) groups excluding carboxylic acids is 1. The van der Waals surface area contributed by atoms with Crippen molar-refractivity contribution in [2.75, 3.05) is 19.6 Å². The van der Waals surface area contributed by atoms with Gasteiger partial charge in [-0.25, -0.2) is 4.79 Å². The minimum atomic E-state index is -0.938. The molecule has 0 spiro atoms.